The topological polar surface area (TPSA) is 136 Å². The molecule has 0 saturated carbocycles. The molecule has 0 radical (unpaired) electrons. The predicted molar refractivity (Wildman–Crippen MR) is 177 cm³/mol. The van der Waals surface area contributed by atoms with E-state index in [-0.39, 0.29) is 24.1 Å². The Hall–Kier alpha value is -4.49. The summed E-state index contributed by atoms with van der Waals surface area (Å²) < 4.78 is 7.55. The van der Waals surface area contributed by atoms with Gasteiger partial charge >= 0.3 is 11.8 Å². The molecule has 3 aliphatic heterocycles. The first-order valence-electron chi connectivity index (χ1n) is 16.7. The van der Waals surface area contributed by atoms with Crippen molar-refractivity contribution in [3.63, 3.8) is 0 Å². The van der Waals surface area contributed by atoms with Crippen molar-refractivity contribution in [2.75, 3.05) is 59.4 Å². The van der Waals surface area contributed by atoms with Gasteiger partial charge in [0.25, 0.3) is 5.91 Å². The molecule has 2 amide bonds. The van der Waals surface area contributed by atoms with Gasteiger partial charge in [-0.05, 0) is 50.4 Å². The van der Waals surface area contributed by atoms with Gasteiger partial charge in [-0.15, -0.1) is 5.10 Å². The quantitative estimate of drug-likeness (QED) is 0.315. The van der Waals surface area contributed by atoms with Gasteiger partial charge in [-0.25, -0.2) is 14.3 Å². The highest BCUT2D eigenvalue weighted by Gasteiger charge is 2.35. The van der Waals surface area contributed by atoms with E-state index in [2.05, 4.69) is 37.1 Å². The molecule has 0 aliphatic carbocycles. The van der Waals surface area contributed by atoms with Gasteiger partial charge in [-0.2, -0.15) is 5.10 Å². The van der Waals surface area contributed by atoms with Crippen LogP contribution in [0.4, 0.5) is 4.79 Å². The van der Waals surface area contributed by atoms with E-state index in [0.29, 0.717) is 50.9 Å². The molecule has 3 aliphatic rings. The normalized spacial score (nSPS) is 19.7. The SMILES string of the molecule is CN1CCN(C2CCN(C(=O)[C@@H](Cc3ccc4[nH]ncc4c3)OC(=O)N3CCC(n4nc(-c5ccccc5)[nH]c4=O)CC3)CC2)CC1. The van der Waals surface area contributed by atoms with Crippen LogP contribution in [0.1, 0.15) is 37.3 Å². The molecule has 0 spiro atoms. The summed E-state index contributed by atoms with van der Waals surface area (Å²) in [6, 6.07) is 15.8. The molecule has 2 aromatic carbocycles. The number of aromatic nitrogens is 5. The highest BCUT2D eigenvalue weighted by Crippen LogP contribution is 2.25. The van der Waals surface area contributed by atoms with Crippen molar-refractivity contribution >= 4 is 22.9 Å². The summed E-state index contributed by atoms with van der Waals surface area (Å²) in [5, 5.41) is 12.6. The first-order valence-corrected chi connectivity index (χ1v) is 16.7. The third kappa shape index (κ3) is 6.96. The molecule has 248 valence electrons. The van der Waals surface area contributed by atoms with E-state index in [0.717, 1.165) is 61.1 Å². The number of hydrogen-bond donors (Lipinski definition) is 2. The molecule has 47 heavy (non-hydrogen) atoms. The third-order valence-corrected chi connectivity index (χ3v) is 10.0. The number of likely N-dealkylation sites (N-methyl/N-ethyl adjacent to an activating group) is 1. The standard InChI is InChI=1S/C34H43N9O4/c1-39-17-19-40(20-18-39)27-9-13-41(14-10-27)32(44)30(22-24-7-8-29-26(21-24)23-35-37-29)47-34(46)42-15-11-28(12-16-42)43-33(45)36-31(38-43)25-5-3-2-4-6-25/h2-8,21,23,27-28,30H,9-20,22H2,1H3,(H,35,37)(H,36,38,45)/t30-/m1/s1. The van der Waals surface area contributed by atoms with Gasteiger partial charge in [0.05, 0.1) is 17.8 Å². The Bertz CT molecular complexity index is 1730. The molecule has 7 rings (SSSR count). The van der Waals surface area contributed by atoms with Crippen molar-refractivity contribution in [2.45, 2.75) is 50.3 Å². The van der Waals surface area contributed by atoms with Gasteiger partial charge in [-0.1, -0.05) is 36.4 Å². The number of rotatable bonds is 7. The van der Waals surface area contributed by atoms with E-state index in [1.54, 1.807) is 11.1 Å². The van der Waals surface area contributed by atoms with Gasteiger partial charge in [0.2, 0.25) is 0 Å². The van der Waals surface area contributed by atoms with Gasteiger partial charge in [-0.3, -0.25) is 19.8 Å². The van der Waals surface area contributed by atoms with Crippen molar-refractivity contribution in [1.29, 1.82) is 0 Å². The Morgan fingerprint density at radius 2 is 1.60 bits per heavy atom. The summed E-state index contributed by atoms with van der Waals surface area (Å²) in [6.07, 6.45) is 3.55. The van der Waals surface area contributed by atoms with Crippen LogP contribution < -0.4 is 5.69 Å². The Kier molecular flexibility index (Phi) is 9.07. The molecule has 3 fully saturated rings. The smallest absolute Gasteiger partial charge is 0.410 e. The third-order valence-electron chi connectivity index (χ3n) is 10.0. The van der Waals surface area contributed by atoms with E-state index in [1.807, 2.05) is 53.4 Å². The zero-order valence-electron chi connectivity index (χ0n) is 26.9. The average Bonchev–Trinajstić information content (AvgIpc) is 3.75. The summed E-state index contributed by atoms with van der Waals surface area (Å²) in [4.78, 5) is 51.6. The number of piperidine rings is 2. The van der Waals surface area contributed by atoms with Crippen LogP contribution in [0.2, 0.25) is 0 Å². The molecular weight excluding hydrogens is 598 g/mol. The molecule has 4 aromatic rings. The molecule has 0 bridgehead atoms. The van der Waals surface area contributed by atoms with Gasteiger partial charge < -0.3 is 19.4 Å². The Morgan fingerprint density at radius 1 is 0.894 bits per heavy atom. The lowest BCUT2D eigenvalue weighted by atomic mass is 10.00. The highest BCUT2D eigenvalue weighted by atomic mass is 16.6. The summed E-state index contributed by atoms with van der Waals surface area (Å²) in [6.45, 7) is 6.38. The number of hydrogen-bond acceptors (Lipinski definition) is 8. The first kappa shape index (κ1) is 31.1. The number of amides is 2. The molecule has 13 nitrogen and oxygen atoms in total. The number of fused-ring (bicyclic) bond motifs is 1. The second kappa shape index (κ2) is 13.7. The Labute approximate surface area is 273 Å². The number of carbonyl (C=O) groups excluding carboxylic acids is 2. The maximum atomic E-state index is 14.0. The largest absolute Gasteiger partial charge is 0.436 e. The number of nitrogens with one attached hydrogen (secondary N) is 2. The Balaban J connectivity index is 1.000. The van der Waals surface area contributed by atoms with Crippen LogP contribution in [0.5, 0.6) is 0 Å². The van der Waals surface area contributed by atoms with Crippen LogP contribution in [0.25, 0.3) is 22.3 Å². The lowest BCUT2D eigenvalue weighted by molar-refractivity contribution is -0.142. The molecule has 2 aromatic heterocycles. The van der Waals surface area contributed by atoms with Crippen molar-refractivity contribution in [2.24, 2.45) is 0 Å². The van der Waals surface area contributed by atoms with Gasteiger partial charge in [0.1, 0.15) is 0 Å². The van der Waals surface area contributed by atoms with E-state index >= 15 is 0 Å². The van der Waals surface area contributed by atoms with Crippen molar-refractivity contribution < 1.29 is 14.3 Å². The molecule has 5 heterocycles. The minimum atomic E-state index is -0.938. The monoisotopic (exact) mass is 641 g/mol. The van der Waals surface area contributed by atoms with Crippen LogP contribution in [-0.2, 0) is 16.0 Å². The lowest BCUT2D eigenvalue weighted by Gasteiger charge is -2.42. The maximum absolute atomic E-state index is 14.0. The fraction of sp³-hybridized carbons (Fsp3) is 0.500. The summed E-state index contributed by atoms with van der Waals surface area (Å²) in [5.41, 5.74) is 2.40. The number of ether oxygens (including phenoxy) is 1. The van der Waals surface area contributed by atoms with E-state index < -0.39 is 12.2 Å². The van der Waals surface area contributed by atoms with Gasteiger partial charge in [0, 0.05) is 75.8 Å². The van der Waals surface area contributed by atoms with Crippen molar-refractivity contribution in [1.82, 2.24) is 44.6 Å². The maximum Gasteiger partial charge on any atom is 0.410 e. The fourth-order valence-corrected chi connectivity index (χ4v) is 7.15. The van der Waals surface area contributed by atoms with Crippen molar-refractivity contribution in [3.8, 4) is 11.4 Å². The van der Waals surface area contributed by atoms with Crippen LogP contribution in [0, 0.1) is 0 Å². The molecule has 13 heteroatoms. The average molecular weight is 642 g/mol. The van der Waals surface area contributed by atoms with E-state index in [1.165, 1.54) is 4.68 Å². The van der Waals surface area contributed by atoms with Crippen LogP contribution in [0.15, 0.2) is 59.5 Å². The Morgan fingerprint density at radius 3 is 2.34 bits per heavy atom. The number of benzene rings is 2. The minimum Gasteiger partial charge on any atom is -0.436 e. The van der Waals surface area contributed by atoms with E-state index in [4.69, 9.17) is 4.74 Å². The summed E-state index contributed by atoms with van der Waals surface area (Å²) in [5.74, 6) is 0.383. The number of carbonyl (C=O) groups is 2. The van der Waals surface area contributed by atoms with Crippen molar-refractivity contribution in [3.05, 3.63) is 70.8 Å². The lowest BCUT2D eigenvalue weighted by Crippen LogP contribution is -2.54. The molecule has 2 N–H and O–H groups in total. The summed E-state index contributed by atoms with van der Waals surface area (Å²) in [7, 11) is 2.16. The molecule has 0 unspecified atom stereocenters. The first-order chi connectivity index (χ1) is 22.9. The number of aromatic amines is 2. The second-order valence-electron chi connectivity index (χ2n) is 13.1. The number of H-pyrrole nitrogens is 2. The van der Waals surface area contributed by atoms with Gasteiger partial charge in [0.15, 0.2) is 11.9 Å². The fourth-order valence-electron chi connectivity index (χ4n) is 7.15. The minimum absolute atomic E-state index is 0.138. The van der Waals surface area contributed by atoms with Crippen LogP contribution in [-0.4, -0.2) is 128 Å². The zero-order chi connectivity index (χ0) is 32.3. The van der Waals surface area contributed by atoms with Crippen LogP contribution >= 0.6 is 0 Å². The second-order valence-corrected chi connectivity index (χ2v) is 13.1. The summed E-state index contributed by atoms with van der Waals surface area (Å²) >= 11 is 0. The predicted octanol–water partition coefficient (Wildman–Crippen LogP) is 2.74. The number of piperazine rings is 1. The number of nitrogens with zero attached hydrogens (tertiary/aromatic N) is 7. The molecule has 3 saturated heterocycles. The molecule has 1 atom stereocenters. The molecular formula is C34H43N9O4. The van der Waals surface area contributed by atoms with E-state index in [9.17, 15) is 14.4 Å². The van der Waals surface area contributed by atoms with Crippen LogP contribution in [0.3, 0.4) is 0 Å². The number of likely N-dealkylation sites (tertiary alicyclic amines) is 2. The zero-order valence-corrected chi connectivity index (χ0v) is 26.9. The highest BCUT2D eigenvalue weighted by molar-refractivity contribution is 5.84.